The summed E-state index contributed by atoms with van der Waals surface area (Å²) in [6.07, 6.45) is 1.42. The molecule has 8 heteroatoms. The number of aliphatic carboxylic acids is 1. The average Bonchev–Trinajstić information content (AvgIpc) is 2.91. The number of rotatable bonds is 4. The van der Waals surface area contributed by atoms with Crippen LogP contribution in [0.5, 0.6) is 0 Å². The smallest absolute Gasteiger partial charge is 0.315 e. The van der Waals surface area contributed by atoms with Crippen LogP contribution in [0.1, 0.15) is 6.92 Å². The Bertz CT molecular complexity index is 596. The molecule has 98 valence electrons. The highest BCUT2D eigenvalue weighted by Gasteiger charge is 2.20. The zero-order valence-corrected chi connectivity index (χ0v) is 10.0. The molecule has 0 bridgehead atoms. The van der Waals surface area contributed by atoms with Crippen molar-refractivity contribution in [2.24, 2.45) is 5.92 Å². The van der Waals surface area contributed by atoms with Crippen LogP contribution in [0.15, 0.2) is 30.6 Å². The van der Waals surface area contributed by atoms with Gasteiger partial charge >= 0.3 is 5.97 Å². The fraction of sp³-hybridized carbons (Fsp3) is 0.182. The number of aromatic nitrogens is 4. The minimum absolute atomic E-state index is 0.478. The van der Waals surface area contributed by atoms with E-state index in [1.54, 1.807) is 24.3 Å². The third-order valence-electron chi connectivity index (χ3n) is 2.49. The molecule has 0 saturated heterocycles. The first kappa shape index (κ1) is 12.7. The highest BCUT2D eigenvalue weighted by atomic mass is 16.4. The quantitative estimate of drug-likeness (QED) is 0.767. The van der Waals surface area contributed by atoms with Crippen molar-refractivity contribution in [3.8, 4) is 5.69 Å². The summed E-state index contributed by atoms with van der Waals surface area (Å²) >= 11 is 0. The van der Waals surface area contributed by atoms with E-state index in [4.69, 9.17) is 5.11 Å². The second-order valence-corrected chi connectivity index (χ2v) is 3.85. The fourth-order valence-corrected chi connectivity index (χ4v) is 1.37. The second-order valence-electron chi connectivity index (χ2n) is 3.85. The lowest BCUT2D eigenvalue weighted by molar-refractivity contribution is -0.144. The zero-order valence-electron chi connectivity index (χ0n) is 10.0. The summed E-state index contributed by atoms with van der Waals surface area (Å²) in [5, 5.41) is 22.0. The molecule has 1 heterocycles. The third kappa shape index (κ3) is 2.92. The van der Waals surface area contributed by atoms with Crippen molar-refractivity contribution in [1.29, 1.82) is 0 Å². The number of nitrogens with one attached hydrogen (secondary N) is 1. The normalized spacial score (nSPS) is 11.8. The van der Waals surface area contributed by atoms with Crippen molar-refractivity contribution >= 4 is 17.6 Å². The number of carbonyl (C=O) groups excluding carboxylic acids is 1. The van der Waals surface area contributed by atoms with Crippen molar-refractivity contribution in [1.82, 2.24) is 20.2 Å². The maximum absolute atomic E-state index is 11.6. The monoisotopic (exact) mass is 261 g/mol. The van der Waals surface area contributed by atoms with Crippen LogP contribution < -0.4 is 5.32 Å². The molecule has 0 aliphatic carbocycles. The summed E-state index contributed by atoms with van der Waals surface area (Å²) < 4.78 is 1.43. The number of carboxylic acid groups (broad SMARTS) is 1. The molecule has 0 spiro atoms. The Kier molecular flexibility index (Phi) is 3.51. The zero-order chi connectivity index (χ0) is 13.8. The van der Waals surface area contributed by atoms with Gasteiger partial charge in [-0.15, -0.1) is 5.10 Å². The molecular formula is C11H11N5O3. The molecule has 0 aliphatic heterocycles. The van der Waals surface area contributed by atoms with Crippen LogP contribution in [-0.2, 0) is 9.59 Å². The van der Waals surface area contributed by atoms with Crippen molar-refractivity contribution in [3.63, 3.8) is 0 Å². The van der Waals surface area contributed by atoms with Crippen LogP contribution >= 0.6 is 0 Å². The molecular weight excluding hydrogens is 250 g/mol. The van der Waals surface area contributed by atoms with Crippen LogP contribution in [0, 0.1) is 5.92 Å². The number of benzene rings is 1. The van der Waals surface area contributed by atoms with Crippen LogP contribution in [-0.4, -0.2) is 37.2 Å². The second kappa shape index (κ2) is 5.25. The highest BCUT2D eigenvalue weighted by molar-refractivity contribution is 6.03. The molecule has 1 aromatic heterocycles. The van der Waals surface area contributed by atoms with Gasteiger partial charge in [0.1, 0.15) is 12.2 Å². The minimum atomic E-state index is -1.17. The van der Waals surface area contributed by atoms with Gasteiger partial charge in [0.2, 0.25) is 5.91 Å². The first-order valence-electron chi connectivity index (χ1n) is 5.45. The summed E-state index contributed by atoms with van der Waals surface area (Å²) in [5.74, 6) is -2.87. The standard InChI is InChI=1S/C11H11N5O3/c1-7(11(18)19)10(17)13-8-3-2-4-9(5-8)16-6-12-14-15-16/h2-7H,1H3,(H,13,17)(H,18,19). The first-order valence-corrected chi connectivity index (χ1v) is 5.45. The van der Waals surface area contributed by atoms with Gasteiger partial charge in [-0.05, 0) is 35.5 Å². The van der Waals surface area contributed by atoms with Gasteiger partial charge in [0, 0.05) is 5.69 Å². The molecule has 2 aromatic rings. The Morgan fingerprint density at radius 2 is 2.21 bits per heavy atom. The van der Waals surface area contributed by atoms with E-state index in [1.807, 2.05) is 0 Å². The molecule has 0 radical (unpaired) electrons. The minimum Gasteiger partial charge on any atom is -0.481 e. The Hall–Kier alpha value is -2.77. The molecule has 0 fully saturated rings. The molecule has 2 N–H and O–H groups in total. The summed E-state index contributed by atoms with van der Waals surface area (Å²) in [5.41, 5.74) is 1.14. The number of tetrazole rings is 1. The summed E-state index contributed by atoms with van der Waals surface area (Å²) in [6, 6.07) is 6.76. The van der Waals surface area contributed by atoms with E-state index in [-0.39, 0.29) is 0 Å². The van der Waals surface area contributed by atoms with Gasteiger partial charge < -0.3 is 10.4 Å². The topological polar surface area (TPSA) is 110 Å². The van der Waals surface area contributed by atoms with Gasteiger partial charge in [-0.2, -0.15) is 0 Å². The van der Waals surface area contributed by atoms with Gasteiger partial charge in [-0.1, -0.05) is 6.07 Å². The Balaban J connectivity index is 2.16. The molecule has 1 unspecified atom stereocenters. The van der Waals surface area contributed by atoms with E-state index >= 15 is 0 Å². The van der Waals surface area contributed by atoms with Crippen molar-refractivity contribution in [2.45, 2.75) is 6.92 Å². The van der Waals surface area contributed by atoms with Crippen LogP contribution in [0.2, 0.25) is 0 Å². The van der Waals surface area contributed by atoms with Gasteiger partial charge in [-0.25, -0.2) is 4.68 Å². The van der Waals surface area contributed by atoms with Crippen LogP contribution in [0.4, 0.5) is 5.69 Å². The van der Waals surface area contributed by atoms with Gasteiger partial charge in [-0.3, -0.25) is 9.59 Å². The number of carboxylic acids is 1. The fourth-order valence-electron chi connectivity index (χ4n) is 1.37. The highest BCUT2D eigenvalue weighted by Crippen LogP contribution is 2.14. The van der Waals surface area contributed by atoms with Crippen molar-refractivity contribution < 1.29 is 14.7 Å². The lowest BCUT2D eigenvalue weighted by atomic mass is 10.1. The van der Waals surface area contributed by atoms with E-state index in [2.05, 4.69) is 20.8 Å². The first-order chi connectivity index (χ1) is 9.08. The Morgan fingerprint density at radius 3 is 2.84 bits per heavy atom. The molecule has 0 aliphatic rings. The van der Waals surface area contributed by atoms with Gasteiger partial charge in [0.25, 0.3) is 0 Å². The van der Waals surface area contributed by atoms with Crippen LogP contribution in [0.3, 0.4) is 0 Å². The molecule has 8 nitrogen and oxygen atoms in total. The summed E-state index contributed by atoms with van der Waals surface area (Å²) in [6.45, 7) is 1.32. The Labute approximate surface area is 108 Å². The number of hydrogen-bond donors (Lipinski definition) is 2. The lowest BCUT2D eigenvalue weighted by Gasteiger charge is -2.09. The summed E-state index contributed by atoms with van der Waals surface area (Å²) in [4.78, 5) is 22.3. The van der Waals surface area contributed by atoms with Gasteiger partial charge in [0.05, 0.1) is 5.69 Å². The number of carbonyl (C=O) groups is 2. The lowest BCUT2D eigenvalue weighted by Crippen LogP contribution is -2.26. The number of nitrogens with zero attached hydrogens (tertiary/aromatic N) is 4. The molecule has 0 saturated carbocycles. The molecule has 19 heavy (non-hydrogen) atoms. The maximum atomic E-state index is 11.6. The largest absolute Gasteiger partial charge is 0.481 e. The molecule has 1 amide bonds. The van der Waals surface area contributed by atoms with Crippen LogP contribution in [0.25, 0.3) is 5.69 Å². The Morgan fingerprint density at radius 1 is 1.42 bits per heavy atom. The van der Waals surface area contributed by atoms with E-state index in [0.29, 0.717) is 11.4 Å². The van der Waals surface area contributed by atoms with Crippen molar-refractivity contribution in [3.05, 3.63) is 30.6 Å². The number of amides is 1. The number of hydrogen-bond acceptors (Lipinski definition) is 5. The van der Waals surface area contributed by atoms with Gasteiger partial charge in [0.15, 0.2) is 0 Å². The predicted molar refractivity (Wildman–Crippen MR) is 64.6 cm³/mol. The molecule has 1 atom stereocenters. The SMILES string of the molecule is CC(C(=O)O)C(=O)Nc1cccc(-n2cnnn2)c1. The predicted octanol–water partition coefficient (Wildman–Crippen LogP) is 0.321. The van der Waals surface area contributed by atoms with E-state index in [9.17, 15) is 9.59 Å². The summed E-state index contributed by atoms with van der Waals surface area (Å²) in [7, 11) is 0. The van der Waals surface area contributed by atoms with E-state index in [0.717, 1.165) is 0 Å². The molecule has 1 aromatic carbocycles. The average molecular weight is 261 g/mol. The van der Waals surface area contributed by atoms with E-state index < -0.39 is 17.8 Å². The third-order valence-corrected chi connectivity index (χ3v) is 2.49. The maximum Gasteiger partial charge on any atom is 0.315 e. The van der Waals surface area contributed by atoms with Crippen molar-refractivity contribution in [2.75, 3.05) is 5.32 Å². The molecule has 2 rings (SSSR count). The van der Waals surface area contributed by atoms with E-state index in [1.165, 1.54) is 17.9 Å². The number of anilines is 1.